The molecule has 0 aliphatic carbocycles. The first-order valence-corrected chi connectivity index (χ1v) is 6.94. The van der Waals surface area contributed by atoms with Crippen LogP contribution < -0.4 is 10.6 Å². The average Bonchev–Trinajstić information content (AvgIpc) is 2.49. The summed E-state index contributed by atoms with van der Waals surface area (Å²) in [5.74, 6) is -0.856. The quantitative estimate of drug-likeness (QED) is 0.879. The van der Waals surface area contributed by atoms with Crippen LogP contribution in [0.2, 0.25) is 5.02 Å². The van der Waals surface area contributed by atoms with Crippen molar-refractivity contribution in [2.45, 2.75) is 13.3 Å². The highest BCUT2D eigenvalue weighted by Gasteiger charge is 2.12. The number of aromatic nitrogens is 1. The van der Waals surface area contributed by atoms with E-state index in [1.165, 1.54) is 24.4 Å². The van der Waals surface area contributed by atoms with Crippen molar-refractivity contribution in [3.8, 4) is 0 Å². The van der Waals surface area contributed by atoms with E-state index in [2.05, 4.69) is 15.6 Å². The molecule has 0 saturated heterocycles. The van der Waals surface area contributed by atoms with Gasteiger partial charge < -0.3 is 10.6 Å². The van der Waals surface area contributed by atoms with E-state index >= 15 is 0 Å². The number of benzene rings is 1. The minimum absolute atomic E-state index is 0.0386. The van der Waals surface area contributed by atoms with Crippen molar-refractivity contribution in [3.63, 3.8) is 0 Å². The lowest BCUT2D eigenvalue weighted by molar-refractivity contribution is 0.102. The van der Waals surface area contributed by atoms with Crippen LogP contribution in [0.1, 0.15) is 23.7 Å². The Morgan fingerprint density at radius 3 is 2.90 bits per heavy atom. The number of carbonyl (C=O) groups is 1. The zero-order chi connectivity index (χ0) is 15.2. The third-order valence-electron chi connectivity index (χ3n) is 2.81. The molecule has 2 rings (SSSR count). The van der Waals surface area contributed by atoms with E-state index in [1.54, 1.807) is 12.3 Å². The summed E-state index contributed by atoms with van der Waals surface area (Å²) in [4.78, 5) is 16.2. The molecule has 0 saturated carbocycles. The summed E-state index contributed by atoms with van der Waals surface area (Å²) in [5, 5.41) is 5.80. The highest BCUT2D eigenvalue weighted by molar-refractivity contribution is 6.31. The van der Waals surface area contributed by atoms with E-state index in [0.29, 0.717) is 16.9 Å². The Kier molecular flexibility index (Phi) is 5.11. The maximum absolute atomic E-state index is 13.1. The predicted octanol–water partition coefficient (Wildman–Crippen LogP) is 3.95. The summed E-state index contributed by atoms with van der Waals surface area (Å²) in [6, 6.07) is 5.76. The van der Waals surface area contributed by atoms with E-state index in [9.17, 15) is 9.18 Å². The Bertz CT molecular complexity index is 649. The molecule has 0 aliphatic rings. The van der Waals surface area contributed by atoms with Crippen LogP contribution in [-0.2, 0) is 0 Å². The van der Waals surface area contributed by atoms with Gasteiger partial charge in [0.2, 0.25) is 0 Å². The van der Waals surface area contributed by atoms with Crippen molar-refractivity contribution < 1.29 is 9.18 Å². The molecule has 21 heavy (non-hydrogen) atoms. The topological polar surface area (TPSA) is 54.0 Å². The van der Waals surface area contributed by atoms with Gasteiger partial charge in [-0.2, -0.15) is 0 Å². The van der Waals surface area contributed by atoms with Gasteiger partial charge in [-0.1, -0.05) is 18.5 Å². The number of halogens is 2. The van der Waals surface area contributed by atoms with Crippen LogP contribution in [0, 0.1) is 5.82 Å². The number of hydrogen-bond donors (Lipinski definition) is 2. The normalized spacial score (nSPS) is 10.2. The van der Waals surface area contributed by atoms with E-state index in [-0.39, 0.29) is 10.9 Å². The fourth-order valence-electron chi connectivity index (χ4n) is 1.76. The lowest BCUT2D eigenvalue weighted by Crippen LogP contribution is -2.15. The zero-order valence-corrected chi connectivity index (χ0v) is 12.2. The molecule has 1 heterocycles. The lowest BCUT2D eigenvalue weighted by atomic mass is 10.2. The molecule has 1 amide bonds. The molecule has 2 N–H and O–H groups in total. The third-order valence-corrected chi connectivity index (χ3v) is 3.10. The first-order chi connectivity index (χ1) is 10.1. The van der Waals surface area contributed by atoms with Crippen molar-refractivity contribution in [2.75, 3.05) is 17.2 Å². The average molecular weight is 308 g/mol. The van der Waals surface area contributed by atoms with Gasteiger partial charge in [0.05, 0.1) is 16.3 Å². The van der Waals surface area contributed by atoms with Crippen molar-refractivity contribution in [1.29, 1.82) is 0 Å². The molecule has 1 aromatic heterocycles. The van der Waals surface area contributed by atoms with Crippen molar-refractivity contribution in [2.24, 2.45) is 0 Å². The Hall–Kier alpha value is -2.14. The maximum Gasteiger partial charge on any atom is 0.259 e. The second kappa shape index (κ2) is 7.04. The smallest absolute Gasteiger partial charge is 0.259 e. The molecule has 1 aromatic carbocycles. The number of anilines is 2. The Morgan fingerprint density at radius 2 is 2.19 bits per heavy atom. The van der Waals surface area contributed by atoms with Crippen molar-refractivity contribution in [3.05, 3.63) is 53.1 Å². The largest absolute Gasteiger partial charge is 0.384 e. The molecular formula is C15H15ClFN3O. The van der Waals surface area contributed by atoms with Crippen LogP contribution in [0.5, 0.6) is 0 Å². The van der Waals surface area contributed by atoms with Gasteiger partial charge in [-0.05, 0) is 30.7 Å². The number of nitrogens with one attached hydrogen (secondary N) is 2. The maximum atomic E-state index is 13.1. The number of amides is 1. The Morgan fingerprint density at radius 1 is 1.38 bits per heavy atom. The highest BCUT2D eigenvalue weighted by atomic mass is 35.5. The summed E-state index contributed by atoms with van der Waals surface area (Å²) >= 11 is 5.69. The van der Waals surface area contributed by atoms with E-state index in [4.69, 9.17) is 11.6 Å². The first-order valence-electron chi connectivity index (χ1n) is 6.56. The molecule has 0 aliphatic heterocycles. The van der Waals surface area contributed by atoms with Gasteiger partial charge in [-0.15, -0.1) is 0 Å². The fourth-order valence-corrected chi connectivity index (χ4v) is 1.94. The van der Waals surface area contributed by atoms with Crippen molar-refractivity contribution in [1.82, 2.24) is 4.98 Å². The predicted molar refractivity (Wildman–Crippen MR) is 82.4 cm³/mol. The zero-order valence-electron chi connectivity index (χ0n) is 11.5. The number of hydrogen-bond acceptors (Lipinski definition) is 3. The Balaban J connectivity index is 2.18. The molecular weight excluding hydrogens is 293 g/mol. The molecule has 2 aromatic rings. The summed E-state index contributed by atoms with van der Waals surface area (Å²) in [7, 11) is 0. The fraction of sp³-hybridized carbons (Fsp3) is 0.200. The van der Waals surface area contributed by atoms with E-state index in [0.717, 1.165) is 13.0 Å². The van der Waals surface area contributed by atoms with Crippen LogP contribution >= 0.6 is 11.6 Å². The van der Waals surface area contributed by atoms with Crippen LogP contribution in [0.3, 0.4) is 0 Å². The summed E-state index contributed by atoms with van der Waals surface area (Å²) in [6.45, 7) is 2.79. The molecule has 110 valence electrons. The number of pyridine rings is 1. The summed E-state index contributed by atoms with van der Waals surface area (Å²) in [5.41, 5.74) is 1.56. The van der Waals surface area contributed by atoms with Crippen molar-refractivity contribution >= 4 is 28.9 Å². The molecule has 6 heteroatoms. The van der Waals surface area contributed by atoms with Gasteiger partial charge in [-0.25, -0.2) is 4.39 Å². The molecule has 0 atom stereocenters. The van der Waals surface area contributed by atoms with Crippen LogP contribution in [0.4, 0.5) is 15.8 Å². The van der Waals surface area contributed by atoms with Gasteiger partial charge in [0.15, 0.2) is 0 Å². The second-order valence-electron chi connectivity index (χ2n) is 4.43. The summed E-state index contributed by atoms with van der Waals surface area (Å²) in [6.07, 6.45) is 4.04. The van der Waals surface area contributed by atoms with Gasteiger partial charge in [0, 0.05) is 24.6 Å². The minimum atomic E-state index is -0.527. The van der Waals surface area contributed by atoms with Gasteiger partial charge in [-0.3, -0.25) is 9.78 Å². The Labute approximate surface area is 127 Å². The van der Waals surface area contributed by atoms with E-state index < -0.39 is 5.82 Å². The summed E-state index contributed by atoms with van der Waals surface area (Å²) < 4.78 is 13.1. The number of carbonyl (C=O) groups excluding carboxylic acids is 1. The molecule has 0 unspecified atom stereocenters. The lowest BCUT2D eigenvalue weighted by Gasteiger charge is -2.11. The highest BCUT2D eigenvalue weighted by Crippen LogP contribution is 2.21. The molecule has 0 bridgehead atoms. The molecule has 4 nitrogen and oxygen atoms in total. The van der Waals surface area contributed by atoms with E-state index in [1.807, 2.05) is 6.92 Å². The van der Waals surface area contributed by atoms with Gasteiger partial charge >= 0.3 is 0 Å². The van der Waals surface area contributed by atoms with Crippen LogP contribution in [0.25, 0.3) is 0 Å². The van der Waals surface area contributed by atoms with Crippen LogP contribution in [0.15, 0.2) is 36.7 Å². The monoisotopic (exact) mass is 307 g/mol. The second-order valence-corrected chi connectivity index (χ2v) is 4.84. The minimum Gasteiger partial charge on any atom is -0.384 e. The third kappa shape index (κ3) is 3.92. The van der Waals surface area contributed by atoms with Crippen LogP contribution in [-0.4, -0.2) is 17.4 Å². The first kappa shape index (κ1) is 15.3. The number of nitrogens with zero attached hydrogens (tertiary/aromatic N) is 1. The van der Waals surface area contributed by atoms with Gasteiger partial charge in [0.25, 0.3) is 5.91 Å². The molecule has 0 radical (unpaired) electrons. The number of rotatable bonds is 5. The van der Waals surface area contributed by atoms with Gasteiger partial charge in [0.1, 0.15) is 5.82 Å². The molecule has 0 spiro atoms. The standard InChI is InChI=1S/C15H15ClFN3O/c1-2-6-19-14-5-7-18-9-11(14)15(21)20-10-3-4-13(17)12(16)8-10/h3-5,7-9H,2,6H2,1H3,(H,18,19)(H,20,21). The molecule has 0 fully saturated rings. The SMILES string of the molecule is CCCNc1ccncc1C(=O)Nc1ccc(F)c(Cl)c1.